The third-order valence-electron chi connectivity index (χ3n) is 4.70. The van der Waals surface area contributed by atoms with Crippen LogP contribution in [0.1, 0.15) is 31.4 Å². The van der Waals surface area contributed by atoms with Gasteiger partial charge in [0, 0.05) is 32.5 Å². The molecule has 0 aromatic heterocycles. The molecule has 0 aliphatic carbocycles. The second kappa shape index (κ2) is 8.45. The molecule has 3 rings (SSSR count). The average Bonchev–Trinajstić information content (AvgIpc) is 2.66. The van der Waals surface area contributed by atoms with Gasteiger partial charge in [-0.05, 0) is 12.5 Å². The van der Waals surface area contributed by atoms with Gasteiger partial charge in [-0.3, -0.25) is 9.59 Å². The summed E-state index contributed by atoms with van der Waals surface area (Å²) in [6, 6.07) is 9.97. The normalized spacial score (nSPS) is 24.2. The number of carbonyl (C=O) groups is 2. The lowest BCUT2D eigenvalue weighted by atomic mass is 10.1. The number of morpholine rings is 2. The first-order valence-electron chi connectivity index (χ1n) is 8.97. The van der Waals surface area contributed by atoms with E-state index in [4.69, 9.17) is 9.47 Å². The molecule has 0 spiro atoms. The fourth-order valence-corrected chi connectivity index (χ4v) is 3.35. The van der Waals surface area contributed by atoms with E-state index in [1.54, 1.807) is 4.90 Å². The average molecular weight is 346 g/mol. The molecule has 0 radical (unpaired) electrons. The quantitative estimate of drug-likeness (QED) is 0.831. The molecule has 25 heavy (non-hydrogen) atoms. The van der Waals surface area contributed by atoms with E-state index in [1.807, 2.05) is 42.2 Å². The Kier molecular flexibility index (Phi) is 6.04. The van der Waals surface area contributed by atoms with Gasteiger partial charge in [0.1, 0.15) is 6.10 Å². The lowest BCUT2D eigenvalue weighted by molar-refractivity contribution is -0.147. The van der Waals surface area contributed by atoms with Crippen molar-refractivity contribution < 1.29 is 19.1 Å². The van der Waals surface area contributed by atoms with Gasteiger partial charge in [0.2, 0.25) is 11.8 Å². The van der Waals surface area contributed by atoms with Gasteiger partial charge in [-0.15, -0.1) is 0 Å². The van der Waals surface area contributed by atoms with Gasteiger partial charge in [0.15, 0.2) is 0 Å². The molecule has 2 aliphatic heterocycles. The van der Waals surface area contributed by atoms with Crippen molar-refractivity contribution in [3.63, 3.8) is 0 Å². The Bertz CT molecular complexity index is 586. The minimum absolute atomic E-state index is 0.0159. The molecule has 1 aromatic carbocycles. The van der Waals surface area contributed by atoms with Crippen LogP contribution in [0.15, 0.2) is 30.3 Å². The molecule has 136 valence electrons. The zero-order valence-electron chi connectivity index (χ0n) is 14.7. The number of ether oxygens (including phenoxy) is 2. The second-order valence-corrected chi connectivity index (χ2v) is 6.64. The summed E-state index contributed by atoms with van der Waals surface area (Å²) in [5, 5.41) is 0. The van der Waals surface area contributed by atoms with Crippen LogP contribution < -0.4 is 0 Å². The highest BCUT2D eigenvalue weighted by Crippen LogP contribution is 2.25. The molecule has 2 aliphatic rings. The number of hydrogen-bond acceptors (Lipinski definition) is 4. The Morgan fingerprint density at radius 3 is 2.32 bits per heavy atom. The van der Waals surface area contributed by atoms with Crippen molar-refractivity contribution >= 4 is 11.8 Å². The monoisotopic (exact) mass is 346 g/mol. The first-order chi connectivity index (χ1) is 12.1. The van der Waals surface area contributed by atoms with E-state index in [-0.39, 0.29) is 36.9 Å². The molecule has 2 amide bonds. The number of carbonyl (C=O) groups excluding carboxylic acids is 2. The van der Waals surface area contributed by atoms with Crippen molar-refractivity contribution in [2.75, 3.05) is 39.4 Å². The van der Waals surface area contributed by atoms with Crippen molar-refractivity contribution in [2.45, 2.75) is 32.0 Å². The van der Waals surface area contributed by atoms with Crippen LogP contribution in [0.4, 0.5) is 0 Å². The smallest absolute Gasteiger partial charge is 0.223 e. The minimum atomic E-state index is -0.108. The van der Waals surface area contributed by atoms with Crippen LogP contribution in [0.2, 0.25) is 0 Å². The van der Waals surface area contributed by atoms with Crippen molar-refractivity contribution in [3.8, 4) is 0 Å². The van der Waals surface area contributed by atoms with Crippen molar-refractivity contribution in [3.05, 3.63) is 35.9 Å². The Labute approximate surface area is 148 Å². The van der Waals surface area contributed by atoms with Crippen molar-refractivity contribution in [1.29, 1.82) is 0 Å². The molecule has 0 saturated carbocycles. The summed E-state index contributed by atoms with van der Waals surface area (Å²) in [6.45, 7) is 5.51. The summed E-state index contributed by atoms with van der Waals surface area (Å²) in [5.41, 5.74) is 1.08. The van der Waals surface area contributed by atoms with Crippen LogP contribution >= 0.6 is 0 Å². The minimum Gasteiger partial charge on any atom is -0.378 e. The molecular formula is C19H26N2O4. The van der Waals surface area contributed by atoms with E-state index in [9.17, 15) is 9.59 Å². The molecule has 2 atom stereocenters. The summed E-state index contributed by atoms with van der Waals surface area (Å²) in [4.78, 5) is 28.4. The number of hydrogen-bond donors (Lipinski definition) is 0. The molecule has 2 saturated heterocycles. The van der Waals surface area contributed by atoms with Gasteiger partial charge in [0.25, 0.3) is 0 Å². The molecule has 0 N–H and O–H groups in total. The van der Waals surface area contributed by atoms with Crippen LogP contribution in [-0.4, -0.2) is 67.1 Å². The van der Waals surface area contributed by atoms with E-state index in [0.29, 0.717) is 39.4 Å². The van der Waals surface area contributed by atoms with Crippen LogP contribution in [0.25, 0.3) is 0 Å². The number of amides is 2. The first-order valence-corrected chi connectivity index (χ1v) is 8.97. The molecule has 2 fully saturated rings. The third-order valence-corrected chi connectivity index (χ3v) is 4.70. The van der Waals surface area contributed by atoms with Crippen molar-refractivity contribution in [1.82, 2.24) is 9.80 Å². The van der Waals surface area contributed by atoms with E-state index in [0.717, 1.165) is 5.56 Å². The van der Waals surface area contributed by atoms with Gasteiger partial charge in [0.05, 0.1) is 25.9 Å². The lowest BCUT2D eigenvalue weighted by Crippen LogP contribution is -2.46. The van der Waals surface area contributed by atoms with Crippen LogP contribution in [-0.2, 0) is 19.1 Å². The Hall–Kier alpha value is -1.92. The fraction of sp³-hybridized carbons (Fsp3) is 0.579. The van der Waals surface area contributed by atoms with Gasteiger partial charge < -0.3 is 19.3 Å². The number of nitrogens with zero attached hydrogens (tertiary/aromatic N) is 2. The highest BCUT2D eigenvalue weighted by Gasteiger charge is 2.29. The molecule has 0 bridgehead atoms. The second-order valence-electron chi connectivity index (χ2n) is 6.64. The molecule has 6 heteroatoms. The Morgan fingerprint density at radius 1 is 1.00 bits per heavy atom. The number of rotatable bonds is 4. The summed E-state index contributed by atoms with van der Waals surface area (Å²) < 4.78 is 11.2. The maximum absolute atomic E-state index is 12.6. The highest BCUT2D eigenvalue weighted by atomic mass is 16.5. The third kappa shape index (κ3) is 4.80. The van der Waals surface area contributed by atoms with Crippen LogP contribution in [0.3, 0.4) is 0 Å². The van der Waals surface area contributed by atoms with Crippen LogP contribution in [0, 0.1) is 0 Å². The zero-order valence-corrected chi connectivity index (χ0v) is 14.7. The molecule has 6 nitrogen and oxygen atoms in total. The summed E-state index contributed by atoms with van der Waals surface area (Å²) in [7, 11) is 0. The van der Waals surface area contributed by atoms with E-state index >= 15 is 0 Å². The maximum Gasteiger partial charge on any atom is 0.223 e. The van der Waals surface area contributed by atoms with E-state index in [2.05, 4.69) is 0 Å². The highest BCUT2D eigenvalue weighted by molar-refractivity contribution is 5.84. The Morgan fingerprint density at radius 2 is 1.64 bits per heavy atom. The largest absolute Gasteiger partial charge is 0.378 e. The Balaban J connectivity index is 1.53. The molecular weight excluding hydrogens is 320 g/mol. The molecule has 0 unspecified atom stereocenters. The van der Waals surface area contributed by atoms with E-state index < -0.39 is 0 Å². The molecule has 1 aromatic rings. The predicted octanol–water partition coefficient (Wildman–Crippen LogP) is 1.61. The SMILES string of the molecule is C[C@H]1CN(C(=O)CCC(=O)N2CCOCC2)C[C@@H](c2ccccc2)O1. The topological polar surface area (TPSA) is 59.1 Å². The standard InChI is InChI=1S/C19H26N2O4/c1-15-13-21(14-17(25-15)16-5-3-2-4-6-16)19(23)8-7-18(22)20-9-11-24-12-10-20/h2-6,15,17H,7-14H2,1H3/t15-,17-/m0/s1. The van der Waals surface area contributed by atoms with Crippen molar-refractivity contribution in [2.24, 2.45) is 0 Å². The van der Waals surface area contributed by atoms with Gasteiger partial charge in [-0.1, -0.05) is 30.3 Å². The maximum atomic E-state index is 12.6. The summed E-state index contributed by atoms with van der Waals surface area (Å²) in [6.07, 6.45) is 0.395. The van der Waals surface area contributed by atoms with Gasteiger partial charge in [-0.25, -0.2) is 0 Å². The molecule has 2 heterocycles. The lowest BCUT2D eigenvalue weighted by Gasteiger charge is -2.37. The van der Waals surface area contributed by atoms with E-state index in [1.165, 1.54) is 0 Å². The van der Waals surface area contributed by atoms with Gasteiger partial charge in [-0.2, -0.15) is 0 Å². The van der Waals surface area contributed by atoms with Gasteiger partial charge >= 0.3 is 0 Å². The predicted molar refractivity (Wildman–Crippen MR) is 92.9 cm³/mol. The fourth-order valence-electron chi connectivity index (χ4n) is 3.35. The summed E-state index contributed by atoms with van der Waals surface area (Å²) in [5.74, 6) is 0.0651. The first kappa shape index (κ1) is 17.9. The summed E-state index contributed by atoms with van der Waals surface area (Å²) >= 11 is 0. The van der Waals surface area contributed by atoms with Crippen LogP contribution in [0.5, 0.6) is 0 Å². The number of benzene rings is 1. The zero-order chi connectivity index (χ0) is 17.6.